The number of carbonyl (C=O) groups is 4. The molecule has 2 amide bonds. The molecular formula is C36H34Cl2N4O6. The number of ether oxygens (including phenoxy) is 2. The van der Waals surface area contributed by atoms with Gasteiger partial charge in [0.2, 0.25) is 11.8 Å². The largest absolute Gasteiger partial charge is 0.424 e. The normalized spacial score (nSPS) is 28.9. The number of fused-ring (bicyclic) bond motifs is 6. The first kappa shape index (κ1) is 30.1. The molecule has 0 radical (unpaired) electrons. The zero-order valence-electron chi connectivity index (χ0n) is 27.0. The van der Waals surface area contributed by atoms with E-state index in [1.807, 2.05) is 36.0 Å². The number of aryl methyl sites for hydroxylation is 2. The number of benzene rings is 2. The summed E-state index contributed by atoms with van der Waals surface area (Å²) in [4.78, 5) is 63.4. The molecule has 2 unspecified atom stereocenters. The van der Waals surface area contributed by atoms with Crippen LogP contribution >= 0.6 is 23.2 Å². The van der Waals surface area contributed by atoms with Crippen molar-refractivity contribution in [1.29, 1.82) is 0 Å². The van der Waals surface area contributed by atoms with Crippen molar-refractivity contribution in [2.75, 3.05) is 34.6 Å². The van der Waals surface area contributed by atoms with Crippen LogP contribution in [0.1, 0.15) is 67.2 Å². The summed E-state index contributed by atoms with van der Waals surface area (Å²) >= 11 is 13.0. The summed E-state index contributed by atoms with van der Waals surface area (Å²) in [6.07, 6.45) is 5.57. The molecule has 12 heteroatoms. The number of nitrogens with zero attached hydrogens (tertiary/aromatic N) is 2. The Bertz CT molecular complexity index is 2040. The van der Waals surface area contributed by atoms with Gasteiger partial charge >= 0.3 is 11.9 Å². The highest BCUT2D eigenvalue weighted by molar-refractivity contribution is 6.20. The smallest absolute Gasteiger partial charge is 0.308 e. The minimum absolute atomic E-state index is 0.0147. The molecule has 4 atom stereocenters. The second-order valence-corrected chi connectivity index (χ2v) is 15.2. The first-order valence-corrected chi connectivity index (χ1v) is 17.4. The number of aromatic amines is 2. The van der Waals surface area contributed by atoms with Crippen LogP contribution in [-0.4, -0.2) is 58.6 Å². The van der Waals surface area contributed by atoms with Gasteiger partial charge < -0.3 is 29.2 Å². The van der Waals surface area contributed by atoms with E-state index in [1.54, 1.807) is 12.1 Å². The number of carbonyl (C=O) groups excluding carboxylic acids is 4. The van der Waals surface area contributed by atoms with Crippen molar-refractivity contribution >= 4 is 80.1 Å². The number of hydrogen-bond donors (Lipinski definition) is 2. The highest BCUT2D eigenvalue weighted by Gasteiger charge is 3.01. The standard InChI is InChI=1S/C36H34Cl2N4O6/c1-16-9-39-30-24(47-18(3)43)5-22-28(26(16)30)20(7-37)11-41(22)32(45)34-13-35(15-36(34,35)14-34)33(46)42-12-21(8-38)29-23(42)6-25(48-19(4)44)31-27(29)17(2)10-40-31/h5-6,9-10,20-21,39-40H,7-8,11-15H2,1-4H3/t20-,21-,34?,35?,36?/m1/s1. The van der Waals surface area contributed by atoms with Crippen LogP contribution in [0.15, 0.2) is 24.5 Å². The van der Waals surface area contributed by atoms with Crippen molar-refractivity contribution in [3.8, 4) is 11.5 Å². The molecule has 48 heavy (non-hydrogen) atoms. The molecule has 0 saturated heterocycles. The van der Waals surface area contributed by atoms with Gasteiger partial charge in [0.25, 0.3) is 0 Å². The number of hydrogen-bond acceptors (Lipinski definition) is 6. The van der Waals surface area contributed by atoms with Crippen LogP contribution in [-0.2, 0) is 19.2 Å². The fourth-order valence-electron chi connectivity index (χ4n) is 10.0. The van der Waals surface area contributed by atoms with E-state index in [1.165, 1.54) is 13.8 Å². The molecule has 4 heterocycles. The lowest BCUT2D eigenvalue weighted by molar-refractivity contribution is -0.134. The van der Waals surface area contributed by atoms with Crippen molar-refractivity contribution in [1.82, 2.24) is 9.97 Å². The maximum atomic E-state index is 14.6. The van der Waals surface area contributed by atoms with E-state index in [0.717, 1.165) is 44.4 Å². The van der Waals surface area contributed by atoms with Crippen molar-refractivity contribution in [2.24, 2.45) is 16.2 Å². The summed E-state index contributed by atoms with van der Waals surface area (Å²) < 4.78 is 11.2. The van der Waals surface area contributed by atoms with Gasteiger partial charge in [-0.05, 0) is 55.4 Å². The summed E-state index contributed by atoms with van der Waals surface area (Å²) in [6.45, 7) is 7.55. The molecule has 0 bridgehead atoms. The van der Waals surface area contributed by atoms with Gasteiger partial charge in [-0.15, -0.1) is 23.2 Å². The predicted octanol–water partition coefficient (Wildman–Crippen LogP) is 6.33. The summed E-state index contributed by atoms with van der Waals surface area (Å²) in [5, 5.41) is 1.86. The van der Waals surface area contributed by atoms with Crippen LogP contribution in [0.4, 0.5) is 11.4 Å². The molecule has 5 aliphatic rings. The van der Waals surface area contributed by atoms with Crippen LogP contribution in [0.5, 0.6) is 11.5 Å². The highest BCUT2D eigenvalue weighted by Crippen LogP contribution is 3.01. The van der Waals surface area contributed by atoms with E-state index in [2.05, 4.69) is 9.97 Å². The zero-order valence-corrected chi connectivity index (χ0v) is 28.5. The molecule has 2 aromatic heterocycles. The first-order valence-electron chi connectivity index (χ1n) is 16.3. The maximum Gasteiger partial charge on any atom is 0.308 e. The molecule has 9 rings (SSSR count). The molecule has 2 aromatic carbocycles. The molecule has 3 aliphatic carbocycles. The molecule has 1 spiro atoms. The van der Waals surface area contributed by atoms with Crippen molar-refractivity contribution in [2.45, 2.75) is 58.8 Å². The Kier molecular flexibility index (Phi) is 5.99. The van der Waals surface area contributed by atoms with E-state index >= 15 is 0 Å². The minimum atomic E-state index is -0.608. The topological polar surface area (TPSA) is 125 Å². The van der Waals surface area contributed by atoms with Crippen LogP contribution < -0.4 is 19.3 Å². The molecular weight excluding hydrogens is 655 g/mol. The van der Waals surface area contributed by atoms with Crippen molar-refractivity contribution < 1.29 is 28.7 Å². The molecule has 2 aliphatic heterocycles. The predicted molar refractivity (Wildman–Crippen MR) is 181 cm³/mol. The van der Waals surface area contributed by atoms with E-state index in [-0.39, 0.29) is 29.1 Å². The lowest BCUT2D eigenvalue weighted by atomic mass is 9.72. The van der Waals surface area contributed by atoms with E-state index in [0.29, 0.717) is 66.6 Å². The maximum absolute atomic E-state index is 14.6. The Morgan fingerprint density at radius 1 is 0.750 bits per heavy atom. The van der Waals surface area contributed by atoms with Crippen molar-refractivity contribution in [3.63, 3.8) is 0 Å². The Morgan fingerprint density at radius 3 is 1.52 bits per heavy atom. The number of rotatable bonds is 6. The average Bonchev–Trinajstić information content (AvgIpc) is 3.45. The van der Waals surface area contributed by atoms with E-state index in [9.17, 15) is 19.2 Å². The Balaban J connectivity index is 1.05. The van der Waals surface area contributed by atoms with Gasteiger partial charge in [-0.1, -0.05) is 0 Å². The van der Waals surface area contributed by atoms with Crippen LogP contribution in [0.25, 0.3) is 21.8 Å². The van der Waals surface area contributed by atoms with Gasteiger partial charge in [-0.2, -0.15) is 0 Å². The number of aromatic nitrogens is 2. The Morgan fingerprint density at radius 2 is 1.17 bits per heavy atom. The zero-order chi connectivity index (χ0) is 33.7. The number of H-pyrrole nitrogens is 2. The van der Waals surface area contributed by atoms with Gasteiger partial charge in [-0.25, -0.2) is 0 Å². The molecule has 3 fully saturated rings. The summed E-state index contributed by atoms with van der Waals surface area (Å²) in [5.41, 5.74) is 5.24. The van der Waals surface area contributed by atoms with Crippen LogP contribution in [0, 0.1) is 30.1 Å². The third-order valence-corrected chi connectivity index (χ3v) is 12.8. The van der Waals surface area contributed by atoms with Gasteiger partial charge in [0.15, 0.2) is 11.5 Å². The van der Waals surface area contributed by atoms with Gasteiger partial charge in [0.05, 0.1) is 33.2 Å². The first-order chi connectivity index (χ1) is 22.9. The van der Waals surface area contributed by atoms with E-state index < -0.39 is 22.8 Å². The van der Waals surface area contributed by atoms with Gasteiger partial charge in [0.1, 0.15) is 0 Å². The lowest BCUT2D eigenvalue weighted by Crippen LogP contribution is -2.49. The summed E-state index contributed by atoms with van der Waals surface area (Å²) in [7, 11) is 0. The van der Waals surface area contributed by atoms with Crippen LogP contribution in [0.2, 0.25) is 0 Å². The molecule has 10 nitrogen and oxygen atoms in total. The quantitative estimate of drug-likeness (QED) is 0.139. The second-order valence-electron chi connectivity index (χ2n) is 14.6. The fraction of sp³-hybridized carbons (Fsp3) is 0.444. The summed E-state index contributed by atoms with van der Waals surface area (Å²) in [5.74, 6) is 0.409. The lowest BCUT2D eigenvalue weighted by Gasteiger charge is -2.37. The van der Waals surface area contributed by atoms with Gasteiger partial charge in [0, 0.05) is 91.2 Å². The Hall–Kier alpha value is -4.02. The monoisotopic (exact) mass is 688 g/mol. The Labute approximate surface area is 286 Å². The van der Waals surface area contributed by atoms with Crippen molar-refractivity contribution in [3.05, 3.63) is 46.8 Å². The second kappa shape index (κ2) is 9.57. The highest BCUT2D eigenvalue weighted by atomic mass is 35.5. The third-order valence-electron chi connectivity index (χ3n) is 12.1. The molecule has 3 saturated carbocycles. The number of anilines is 2. The number of nitrogens with one attached hydrogen (secondary N) is 2. The summed E-state index contributed by atoms with van der Waals surface area (Å²) in [6, 6.07) is 3.57. The van der Waals surface area contributed by atoms with Crippen LogP contribution in [0.3, 0.4) is 0 Å². The fourth-order valence-corrected chi connectivity index (χ4v) is 10.5. The third kappa shape index (κ3) is 3.50. The van der Waals surface area contributed by atoms with E-state index in [4.69, 9.17) is 32.7 Å². The minimum Gasteiger partial charge on any atom is -0.424 e. The number of amides is 2. The average molecular weight is 690 g/mol. The number of halogens is 2. The molecule has 4 aromatic rings. The van der Waals surface area contributed by atoms with Gasteiger partial charge in [-0.3, -0.25) is 19.2 Å². The number of esters is 2. The molecule has 2 N–H and O–H groups in total. The number of alkyl halides is 2. The molecule has 248 valence electrons. The SMILES string of the molecule is CC(=O)Oc1cc2c(c3c(C)c[nH]c13)[C@H](CCl)CN2C(=O)C12CC3(C(=O)N4C[C@@H](CCl)c5c4cc(OC(C)=O)c4[nH]cc(C)c54)CC13C2.